The van der Waals surface area contributed by atoms with Gasteiger partial charge in [-0.05, 0) is 82.1 Å². The van der Waals surface area contributed by atoms with Crippen molar-refractivity contribution in [1.82, 2.24) is 14.5 Å². The fourth-order valence-corrected chi connectivity index (χ4v) is 9.17. The summed E-state index contributed by atoms with van der Waals surface area (Å²) in [5.41, 5.74) is 0. The van der Waals surface area contributed by atoms with Crippen molar-refractivity contribution in [2.24, 2.45) is 17.8 Å². The molecule has 0 amide bonds. The average molecular weight is 874 g/mol. The van der Waals surface area contributed by atoms with Crippen molar-refractivity contribution in [3.63, 3.8) is 0 Å². The molecule has 0 fully saturated rings. The number of aliphatic hydroxyl groups excluding tert-OH is 1. The summed E-state index contributed by atoms with van der Waals surface area (Å²) in [6.07, 6.45) is 43.0. The first-order valence-electron chi connectivity index (χ1n) is 26.9. The Morgan fingerprint density at radius 2 is 0.968 bits per heavy atom. The zero-order chi connectivity index (χ0) is 45.3. The Bertz CT molecular complexity index is 1110. The van der Waals surface area contributed by atoms with Gasteiger partial charge in [-0.1, -0.05) is 183 Å². The highest BCUT2D eigenvalue weighted by atomic mass is 16.5. The quantitative estimate of drug-likeness (QED) is 0.0515. The SMILES string of the molecule is CCCCCCCCC(CCCCCC)CC(=O)OCCCCCCN(CC(O)CCCCOC(=O)CC(CCCCCC)CCCCCCCC)C(Cn1ccnc1)C(C)C. The van der Waals surface area contributed by atoms with Crippen LogP contribution in [0.4, 0.5) is 0 Å². The van der Waals surface area contributed by atoms with Crippen LogP contribution < -0.4 is 0 Å². The van der Waals surface area contributed by atoms with Gasteiger partial charge in [-0.25, -0.2) is 4.98 Å². The van der Waals surface area contributed by atoms with Gasteiger partial charge in [0.15, 0.2) is 0 Å². The second-order valence-corrected chi connectivity index (χ2v) is 19.5. The summed E-state index contributed by atoms with van der Waals surface area (Å²) in [5, 5.41) is 11.3. The van der Waals surface area contributed by atoms with E-state index in [1.807, 2.05) is 18.7 Å². The van der Waals surface area contributed by atoms with Crippen LogP contribution in [0.3, 0.4) is 0 Å². The van der Waals surface area contributed by atoms with E-state index in [2.05, 4.69) is 56.0 Å². The van der Waals surface area contributed by atoms with Crippen molar-refractivity contribution in [2.45, 2.75) is 272 Å². The standard InChI is InChI=1S/C54H103N3O5/c1-7-11-15-19-21-27-35-49(33-25-17-13-9-3)43-53(59)61-41-31-24-23-30-39-57(52(48(5)6)46-56-40-38-55-47-56)45-51(58)37-29-32-42-62-54(60)44-50(34-26-18-14-10-4)36-28-22-20-16-12-8-2/h38,40,47-52,58H,7-37,39,41-46H2,1-6H3. The molecule has 8 heteroatoms. The van der Waals surface area contributed by atoms with Gasteiger partial charge in [-0.2, -0.15) is 0 Å². The number of hydrogen-bond donors (Lipinski definition) is 1. The van der Waals surface area contributed by atoms with E-state index in [1.54, 1.807) is 0 Å². The van der Waals surface area contributed by atoms with Crippen LogP contribution in [-0.4, -0.2) is 69.9 Å². The van der Waals surface area contributed by atoms with E-state index in [-0.39, 0.29) is 18.0 Å². The van der Waals surface area contributed by atoms with Gasteiger partial charge in [-0.3, -0.25) is 14.5 Å². The van der Waals surface area contributed by atoms with Gasteiger partial charge in [0, 0.05) is 44.4 Å². The Labute approximate surface area is 384 Å². The lowest BCUT2D eigenvalue weighted by atomic mass is 9.91. The summed E-state index contributed by atoms with van der Waals surface area (Å²) in [5.74, 6) is 1.28. The van der Waals surface area contributed by atoms with Crippen LogP contribution >= 0.6 is 0 Å². The monoisotopic (exact) mass is 874 g/mol. The zero-order valence-corrected chi connectivity index (χ0v) is 41.9. The zero-order valence-electron chi connectivity index (χ0n) is 41.9. The lowest BCUT2D eigenvalue weighted by Gasteiger charge is -2.36. The lowest BCUT2D eigenvalue weighted by Crippen LogP contribution is -2.46. The van der Waals surface area contributed by atoms with E-state index in [4.69, 9.17) is 9.47 Å². The van der Waals surface area contributed by atoms with E-state index in [9.17, 15) is 14.7 Å². The maximum atomic E-state index is 12.9. The Morgan fingerprint density at radius 1 is 0.565 bits per heavy atom. The van der Waals surface area contributed by atoms with Crippen LogP contribution in [0, 0.1) is 17.8 Å². The number of carbonyl (C=O) groups excluding carboxylic acids is 2. The molecule has 0 saturated carbocycles. The van der Waals surface area contributed by atoms with Gasteiger partial charge in [-0.15, -0.1) is 0 Å². The van der Waals surface area contributed by atoms with Crippen LogP contribution in [0.5, 0.6) is 0 Å². The molecular formula is C54H103N3O5. The summed E-state index contributed by atoms with van der Waals surface area (Å²) in [6.45, 7) is 16.9. The van der Waals surface area contributed by atoms with Crippen molar-refractivity contribution in [3.05, 3.63) is 18.7 Å². The molecule has 0 aliphatic rings. The number of ether oxygens (including phenoxy) is 2. The van der Waals surface area contributed by atoms with Crippen molar-refractivity contribution >= 4 is 11.9 Å². The molecule has 1 heterocycles. The van der Waals surface area contributed by atoms with Gasteiger partial charge in [0.2, 0.25) is 0 Å². The normalized spacial score (nSPS) is 13.8. The number of hydrogen-bond acceptors (Lipinski definition) is 7. The van der Waals surface area contributed by atoms with Gasteiger partial charge in [0.25, 0.3) is 0 Å². The number of unbranched alkanes of at least 4 members (excludes halogenated alkanes) is 20. The largest absolute Gasteiger partial charge is 0.466 e. The van der Waals surface area contributed by atoms with Crippen LogP contribution in [-0.2, 0) is 25.6 Å². The third-order valence-corrected chi connectivity index (χ3v) is 13.2. The van der Waals surface area contributed by atoms with E-state index in [0.717, 1.165) is 77.3 Å². The molecule has 0 aliphatic carbocycles. The van der Waals surface area contributed by atoms with Crippen molar-refractivity contribution in [3.8, 4) is 0 Å². The van der Waals surface area contributed by atoms with Crippen molar-refractivity contribution in [1.29, 1.82) is 0 Å². The molecule has 0 radical (unpaired) electrons. The maximum absolute atomic E-state index is 12.9. The minimum Gasteiger partial charge on any atom is -0.466 e. The molecule has 1 aromatic rings. The number of aromatic nitrogens is 2. The predicted molar refractivity (Wildman–Crippen MR) is 262 cm³/mol. The number of nitrogens with zero attached hydrogens (tertiary/aromatic N) is 3. The Balaban J connectivity index is 2.54. The first kappa shape index (κ1) is 58.1. The second-order valence-electron chi connectivity index (χ2n) is 19.5. The van der Waals surface area contributed by atoms with E-state index >= 15 is 0 Å². The van der Waals surface area contributed by atoms with Crippen LogP contribution in [0.25, 0.3) is 0 Å². The molecular weight excluding hydrogens is 771 g/mol. The number of aliphatic hydroxyl groups is 1. The highest BCUT2D eigenvalue weighted by Crippen LogP contribution is 2.25. The molecule has 364 valence electrons. The first-order valence-corrected chi connectivity index (χ1v) is 26.9. The molecule has 0 aliphatic heterocycles. The van der Waals surface area contributed by atoms with Crippen molar-refractivity contribution < 1.29 is 24.2 Å². The molecule has 1 N–H and O–H groups in total. The number of carbonyl (C=O) groups is 2. The number of rotatable bonds is 46. The number of imidazole rings is 1. The number of esters is 2. The van der Waals surface area contributed by atoms with Crippen LogP contribution in [0.1, 0.15) is 253 Å². The maximum Gasteiger partial charge on any atom is 0.306 e. The van der Waals surface area contributed by atoms with Gasteiger partial charge in [0.05, 0.1) is 25.6 Å². The highest BCUT2D eigenvalue weighted by Gasteiger charge is 2.25. The van der Waals surface area contributed by atoms with Gasteiger partial charge < -0.3 is 19.1 Å². The Morgan fingerprint density at radius 3 is 1.42 bits per heavy atom. The van der Waals surface area contributed by atoms with Crippen LogP contribution in [0.15, 0.2) is 18.7 Å². The van der Waals surface area contributed by atoms with Gasteiger partial charge >= 0.3 is 11.9 Å². The first-order chi connectivity index (χ1) is 30.2. The highest BCUT2D eigenvalue weighted by molar-refractivity contribution is 5.70. The van der Waals surface area contributed by atoms with E-state index in [1.165, 1.54) is 128 Å². The molecule has 8 nitrogen and oxygen atoms in total. The smallest absolute Gasteiger partial charge is 0.306 e. The second kappa shape index (κ2) is 41.8. The minimum atomic E-state index is -0.435. The lowest BCUT2D eigenvalue weighted by molar-refractivity contribution is -0.146. The topological polar surface area (TPSA) is 93.9 Å². The van der Waals surface area contributed by atoms with E-state index in [0.29, 0.717) is 56.8 Å². The fourth-order valence-electron chi connectivity index (χ4n) is 9.17. The average Bonchev–Trinajstić information content (AvgIpc) is 3.77. The Hall–Kier alpha value is -1.93. The molecule has 0 aromatic carbocycles. The Kier molecular flexibility index (Phi) is 39.1. The van der Waals surface area contributed by atoms with E-state index < -0.39 is 6.10 Å². The molecule has 4 atom stereocenters. The summed E-state index contributed by atoms with van der Waals surface area (Å²) in [6, 6.07) is 0.276. The molecule has 0 bridgehead atoms. The third kappa shape index (κ3) is 33.6. The molecule has 0 spiro atoms. The molecule has 62 heavy (non-hydrogen) atoms. The van der Waals surface area contributed by atoms with Gasteiger partial charge in [0.1, 0.15) is 0 Å². The fraction of sp³-hybridized carbons (Fsp3) is 0.907. The molecule has 0 saturated heterocycles. The minimum absolute atomic E-state index is 0.00492. The summed E-state index contributed by atoms with van der Waals surface area (Å²) < 4.78 is 13.7. The summed E-state index contributed by atoms with van der Waals surface area (Å²) >= 11 is 0. The molecule has 4 unspecified atom stereocenters. The van der Waals surface area contributed by atoms with Crippen LogP contribution in [0.2, 0.25) is 0 Å². The molecule has 1 aromatic heterocycles. The van der Waals surface area contributed by atoms with Crippen molar-refractivity contribution in [2.75, 3.05) is 26.3 Å². The summed E-state index contributed by atoms with van der Waals surface area (Å²) in [7, 11) is 0. The molecule has 1 rings (SSSR count). The summed E-state index contributed by atoms with van der Waals surface area (Å²) in [4.78, 5) is 32.5. The third-order valence-electron chi connectivity index (χ3n) is 13.2. The predicted octanol–water partition coefficient (Wildman–Crippen LogP) is 14.8.